The fourth-order valence-electron chi connectivity index (χ4n) is 1.45. The van der Waals surface area contributed by atoms with Crippen molar-refractivity contribution in [2.75, 3.05) is 25.4 Å². The summed E-state index contributed by atoms with van der Waals surface area (Å²) in [7, 11) is -3.22. The Morgan fingerprint density at radius 3 is 2.38 bits per heavy atom. The summed E-state index contributed by atoms with van der Waals surface area (Å²) in [5.74, 6) is 0.457. The van der Waals surface area contributed by atoms with Gasteiger partial charge in [0.1, 0.15) is 0 Å². The molecular formula is C7H15NO3S2. The first-order chi connectivity index (χ1) is 6.08. The molecule has 0 aromatic rings. The van der Waals surface area contributed by atoms with Crippen molar-refractivity contribution in [2.45, 2.75) is 19.3 Å². The number of rotatable bonds is 4. The third kappa shape index (κ3) is 5.51. The number of hydrogen-bond donors (Lipinski definition) is 1. The molecule has 0 aliphatic carbocycles. The zero-order valence-electron chi connectivity index (χ0n) is 7.48. The molecule has 0 spiro atoms. The number of likely N-dealkylation sites (tertiary alicyclic amines) is 1. The number of hydrogen-bond acceptors (Lipinski definition) is 4. The maximum atomic E-state index is 10.4. The van der Waals surface area contributed by atoms with E-state index in [0.29, 0.717) is 16.5 Å². The monoisotopic (exact) mass is 225 g/mol. The van der Waals surface area contributed by atoms with Gasteiger partial charge in [-0.3, -0.25) is 4.55 Å². The quantitative estimate of drug-likeness (QED) is 0.571. The van der Waals surface area contributed by atoms with Gasteiger partial charge in [0.15, 0.2) is 0 Å². The molecule has 1 rings (SSSR count). The molecule has 0 aromatic carbocycles. The summed E-state index contributed by atoms with van der Waals surface area (Å²) in [6, 6.07) is 0. The van der Waals surface area contributed by atoms with Crippen LogP contribution in [0.5, 0.6) is 0 Å². The highest BCUT2D eigenvalue weighted by Crippen LogP contribution is 2.12. The molecule has 1 fully saturated rings. The maximum absolute atomic E-state index is 10.4. The molecule has 1 heterocycles. The van der Waals surface area contributed by atoms with Crippen LogP contribution in [0.25, 0.3) is 0 Å². The molecule has 13 heavy (non-hydrogen) atoms. The van der Waals surface area contributed by atoms with Crippen molar-refractivity contribution in [3.8, 4) is 0 Å². The first kappa shape index (κ1) is 11.3. The Kier molecular flexibility index (Phi) is 4.51. The Bertz CT molecular complexity index is 234. The van der Waals surface area contributed by atoms with E-state index in [9.17, 15) is 8.42 Å². The summed E-state index contributed by atoms with van der Waals surface area (Å²) in [5.41, 5.74) is 0. The van der Waals surface area contributed by atoms with Crippen LogP contribution >= 0.6 is 10.8 Å². The van der Waals surface area contributed by atoms with E-state index in [1.165, 1.54) is 19.3 Å². The van der Waals surface area contributed by atoms with Crippen molar-refractivity contribution in [2.24, 2.45) is 0 Å². The van der Waals surface area contributed by atoms with Crippen molar-refractivity contribution in [1.29, 1.82) is 0 Å². The van der Waals surface area contributed by atoms with Crippen LogP contribution in [-0.2, 0) is 9.15 Å². The normalized spacial score (nSPS) is 20.4. The molecule has 0 aromatic heterocycles. The van der Waals surface area contributed by atoms with Crippen LogP contribution in [0.1, 0.15) is 19.3 Å². The van der Waals surface area contributed by atoms with Crippen LogP contribution < -0.4 is 0 Å². The number of nitrogens with zero attached hydrogens (tertiary/aromatic N) is 1. The van der Waals surface area contributed by atoms with Crippen molar-refractivity contribution in [3.05, 3.63) is 0 Å². The Morgan fingerprint density at radius 2 is 1.85 bits per heavy atom. The molecule has 4 nitrogen and oxygen atoms in total. The summed E-state index contributed by atoms with van der Waals surface area (Å²) in [6.45, 7) is 2.88. The van der Waals surface area contributed by atoms with Gasteiger partial charge in [-0.2, -0.15) is 8.42 Å². The SMILES string of the molecule is O=S(=O)(O)SCCN1CCCCC1. The average molecular weight is 225 g/mol. The highest BCUT2D eigenvalue weighted by atomic mass is 33.1. The van der Waals surface area contributed by atoms with Gasteiger partial charge < -0.3 is 4.90 Å². The standard InChI is InChI=1S/C7H15NO3S2/c9-13(10,11)12-7-6-8-4-2-1-3-5-8/h1-7H2,(H,9,10,11). The lowest BCUT2D eigenvalue weighted by Crippen LogP contribution is -2.31. The smallest absolute Gasteiger partial charge is 0.302 e. The van der Waals surface area contributed by atoms with Gasteiger partial charge in [-0.05, 0) is 36.7 Å². The first-order valence-corrected chi connectivity index (χ1v) is 7.36. The van der Waals surface area contributed by atoms with E-state index in [-0.39, 0.29) is 0 Å². The van der Waals surface area contributed by atoms with Gasteiger partial charge in [0.25, 0.3) is 0 Å². The van der Waals surface area contributed by atoms with Crippen molar-refractivity contribution in [1.82, 2.24) is 4.90 Å². The molecule has 1 aliphatic rings. The lowest BCUT2D eigenvalue weighted by atomic mass is 10.1. The minimum atomic E-state index is -3.83. The molecule has 0 atom stereocenters. The highest BCUT2D eigenvalue weighted by molar-refractivity contribution is 8.69. The van der Waals surface area contributed by atoms with E-state index < -0.39 is 9.15 Å². The van der Waals surface area contributed by atoms with Gasteiger partial charge in [0.05, 0.1) is 0 Å². The topological polar surface area (TPSA) is 57.6 Å². The lowest BCUT2D eigenvalue weighted by Gasteiger charge is -2.25. The first-order valence-electron chi connectivity index (χ1n) is 4.42. The highest BCUT2D eigenvalue weighted by Gasteiger charge is 2.11. The molecule has 6 heteroatoms. The van der Waals surface area contributed by atoms with E-state index in [1.807, 2.05) is 0 Å². The molecule has 0 radical (unpaired) electrons. The van der Waals surface area contributed by atoms with Crippen molar-refractivity contribution >= 4 is 19.9 Å². The third-order valence-corrected chi connectivity index (χ3v) is 4.13. The van der Waals surface area contributed by atoms with Gasteiger partial charge in [-0.25, -0.2) is 0 Å². The summed E-state index contributed by atoms with van der Waals surface area (Å²) in [5, 5.41) is 0. The second-order valence-electron chi connectivity index (χ2n) is 3.15. The van der Waals surface area contributed by atoms with E-state index >= 15 is 0 Å². The molecule has 78 valence electrons. The van der Waals surface area contributed by atoms with Gasteiger partial charge in [-0.15, -0.1) is 0 Å². The Morgan fingerprint density at radius 1 is 1.23 bits per heavy atom. The van der Waals surface area contributed by atoms with Crippen molar-refractivity contribution in [3.63, 3.8) is 0 Å². The average Bonchev–Trinajstić information content (AvgIpc) is 2.04. The van der Waals surface area contributed by atoms with Gasteiger partial charge in [0, 0.05) is 12.3 Å². The molecule has 0 unspecified atom stereocenters. The largest absolute Gasteiger partial charge is 0.319 e. The second kappa shape index (κ2) is 5.19. The fourth-order valence-corrected chi connectivity index (χ4v) is 2.85. The van der Waals surface area contributed by atoms with Crippen LogP contribution in [0.4, 0.5) is 0 Å². The second-order valence-corrected chi connectivity index (χ2v) is 6.62. The zero-order valence-corrected chi connectivity index (χ0v) is 9.11. The van der Waals surface area contributed by atoms with E-state index in [4.69, 9.17) is 4.55 Å². The molecule has 0 saturated carbocycles. The molecule has 0 bridgehead atoms. The van der Waals surface area contributed by atoms with Gasteiger partial charge >= 0.3 is 9.15 Å². The maximum Gasteiger partial charge on any atom is 0.319 e. The summed E-state index contributed by atoms with van der Waals surface area (Å²) >= 11 is 0. The Balaban J connectivity index is 2.11. The lowest BCUT2D eigenvalue weighted by molar-refractivity contribution is 0.242. The fraction of sp³-hybridized carbons (Fsp3) is 1.00. The minimum Gasteiger partial charge on any atom is -0.302 e. The molecule has 1 N–H and O–H groups in total. The Hall–Kier alpha value is 0.220. The van der Waals surface area contributed by atoms with Crippen LogP contribution in [0.15, 0.2) is 0 Å². The Labute approximate surface area is 82.8 Å². The minimum absolute atomic E-state index is 0.457. The zero-order chi connectivity index (χ0) is 9.73. The predicted molar refractivity (Wildman–Crippen MR) is 54.3 cm³/mol. The summed E-state index contributed by atoms with van der Waals surface area (Å²) in [6.07, 6.45) is 3.69. The number of piperidine rings is 1. The van der Waals surface area contributed by atoms with Gasteiger partial charge in [0.2, 0.25) is 0 Å². The van der Waals surface area contributed by atoms with Crippen LogP contribution in [-0.4, -0.2) is 43.3 Å². The molecular weight excluding hydrogens is 210 g/mol. The molecule has 0 amide bonds. The van der Waals surface area contributed by atoms with Crippen molar-refractivity contribution < 1.29 is 13.0 Å². The van der Waals surface area contributed by atoms with Gasteiger partial charge in [-0.1, -0.05) is 6.42 Å². The van der Waals surface area contributed by atoms with E-state index in [2.05, 4.69) is 4.90 Å². The van der Waals surface area contributed by atoms with E-state index in [0.717, 1.165) is 19.6 Å². The van der Waals surface area contributed by atoms with Crippen LogP contribution in [0, 0.1) is 0 Å². The van der Waals surface area contributed by atoms with Crippen LogP contribution in [0.2, 0.25) is 0 Å². The molecule has 1 saturated heterocycles. The van der Waals surface area contributed by atoms with Crippen LogP contribution in [0.3, 0.4) is 0 Å². The predicted octanol–water partition coefficient (Wildman–Crippen LogP) is 1.01. The molecule has 1 aliphatic heterocycles. The van der Waals surface area contributed by atoms with E-state index in [1.54, 1.807) is 0 Å². The summed E-state index contributed by atoms with van der Waals surface area (Å²) in [4.78, 5) is 2.24. The third-order valence-electron chi connectivity index (χ3n) is 2.09. The summed E-state index contributed by atoms with van der Waals surface area (Å²) < 4.78 is 29.2.